The molecule has 1 aliphatic carbocycles. The van der Waals surface area contributed by atoms with Gasteiger partial charge in [-0.2, -0.15) is 0 Å². The molecule has 1 amide bonds. The van der Waals surface area contributed by atoms with Crippen molar-refractivity contribution >= 4 is 17.6 Å². The summed E-state index contributed by atoms with van der Waals surface area (Å²) in [6, 6.07) is 5.89. The number of hydrogen-bond donors (Lipinski definition) is 1. The van der Waals surface area contributed by atoms with Crippen molar-refractivity contribution in [1.29, 1.82) is 0 Å². The number of carbonyl (C=O) groups excluding carboxylic acids is 2. The van der Waals surface area contributed by atoms with E-state index in [1.54, 1.807) is 4.90 Å². The zero-order valence-corrected chi connectivity index (χ0v) is 11.3. The molecule has 1 aliphatic heterocycles. The van der Waals surface area contributed by atoms with E-state index < -0.39 is 0 Å². The highest BCUT2D eigenvalue weighted by Crippen LogP contribution is 2.27. The molecule has 1 fully saturated rings. The number of fused-ring (bicyclic) bond motifs is 1. The zero-order chi connectivity index (χ0) is 14.1. The Morgan fingerprint density at radius 1 is 1.25 bits per heavy atom. The summed E-state index contributed by atoms with van der Waals surface area (Å²) in [5, 5.41) is 0. The normalized spacial score (nSPS) is 22.4. The highest BCUT2D eigenvalue weighted by Gasteiger charge is 2.31. The maximum absolute atomic E-state index is 11.8. The topological polar surface area (TPSA) is 72.6 Å². The quantitative estimate of drug-likeness (QED) is 0.828. The van der Waals surface area contributed by atoms with Crippen LogP contribution in [0.25, 0.3) is 0 Å². The summed E-state index contributed by atoms with van der Waals surface area (Å²) < 4.78 is 5.16. The first-order chi connectivity index (χ1) is 9.67. The van der Waals surface area contributed by atoms with Crippen LogP contribution in [0.3, 0.4) is 0 Å². The van der Waals surface area contributed by atoms with Gasteiger partial charge in [0, 0.05) is 25.1 Å². The van der Waals surface area contributed by atoms with Crippen LogP contribution in [0.15, 0.2) is 18.2 Å². The molecule has 2 N–H and O–H groups in total. The summed E-state index contributed by atoms with van der Waals surface area (Å²) in [6.45, 7) is 0.799. The Morgan fingerprint density at radius 2 is 2.10 bits per heavy atom. The molecule has 1 aromatic rings. The molecule has 5 heteroatoms. The van der Waals surface area contributed by atoms with Gasteiger partial charge in [0.1, 0.15) is 11.9 Å². The summed E-state index contributed by atoms with van der Waals surface area (Å²) in [4.78, 5) is 25.1. The van der Waals surface area contributed by atoms with E-state index in [0.29, 0.717) is 25.9 Å². The number of aryl methyl sites for hydroxylation is 1. The largest absolute Gasteiger partial charge is 0.443 e. The molecule has 1 saturated heterocycles. The lowest BCUT2D eigenvalue weighted by Gasteiger charge is -2.15. The number of cyclic esters (lactones) is 1. The Labute approximate surface area is 117 Å². The summed E-state index contributed by atoms with van der Waals surface area (Å²) in [6.07, 6.45) is 2.34. The van der Waals surface area contributed by atoms with Crippen LogP contribution >= 0.6 is 0 Å². The monoisotopic (exact) mass is 274 g/mol. The molecular formula is C15H18N2O3. The number of anilines is 1. The fourth-order valence-corrected chi connectivity index (χ4v) is 2.82. The summed E-state index contributed by atoms with van der Waals surface area (Å²) in [7, 11) is 0. The van der Waals surface area contributed by atoms with Crippen molar-refractivity contribution in [1.82, 2.24) is 0 Å². The number of rotatable bonds is 2. The summed E-state index contributed by atoms with van der Waals surface area (Å²) in [5.74, 6) is 0.268. The van der Waals surface area contributed by atoms with Crippen LogP contribution in [-0.4, -0.2) is 31.1 Å². The third-order valence-electron chi connectivity index (χ3n) is 3.93. The third kappa shape index (κ3) is 2.41. The van der Waals surface area contributed by atoms with Crippen molar-refractivity contribution in [3.63, 3.8) is 0 Å². The molecule has 1 atom stereocenters. The third-order valence-corrected chi connectivity index (χ3v) is 3.93. The van der Waals surface area contributed by atoms with Gasteiger partial charge in [-0.25, -0.2) is 4.79 Å². The molecule has 5 nitrogen and oxygen atoms in total. The second-order valence-corrected chi connectivity index (χ2v) is 5.37. The minimum absolute atomic E-state index is 0.247. The van der Waals surface area contributed by atoms with Crippen LogP contribution in [-0.2, 0) is 22.4 Å². The van der Waals surface area contributed by atoms with E-state index in [4.69, 9.17) is 10.5 Å². The molecule has 20 heavy (non-hydrogen) atoms. The van der Waals surface area contributed by atoms with Gasteiger partial charge in [-0.3, -0.25) is 9.69 Å². The molecule has 1 aromatic carbocycles. The average Bonchev–Trinajstić information content (AvgIpc) is 2.71. The van der Waals surface area contributed by atoms with Crippen molar-refractivity contribution in [3.05, 3.63) is 29.3 Å². The van der Waals surface area contributed by atoms with Crippen molar-refractivity contribution in [2.75, 3.05) is 18.0 Å². The van der Waals surface area contributed by atoms with E-state index in [-0.39, 0.29) is 18.0 Å². The number of hydrogen-bond acceptors (Lipinski definition) is 4. The van der Waals surface area contributed by atoms with Gasteiger partial charge >= 0.3 is 6.09 Å². The fraction of sp³-hybridized carbons (Fsp3) is 0.467. The summed E-state index contributed by atoms with van der Waals surface area (Å²) in [5.41, 5.74) is 8.58. The second-order valence-electron chi connectivity index (χ2n) is 5.37. The van der Waals surface area contributed by atoms with Gasteiger partial charge in [-0.05, 0) is 36.1 Å². The zero-order valence-electron chi connectivity index (χ0n) is 11.3. The highest BCUT2D eigenvalue weighted by atomic mass is 16.6. The Balaban J connectivity index is 1.88. The smallest absolute Gasteiger partial charge is 0.414 e. The van der Waals surface area contributed by atoms with Crippen LogP contribution in [0.2, 0.25) is 0 Å². The summed E-state index contributed by atoms with van der Waals surface area (Å²) >= 11 is 0. The number of nitrogens with zero attached hydrogens (tertiary/aromatic N) is 1. The first-order valence-electron chi connectivity index (χ1n) is 6.99. The van der Waals surface area contributed by atoms with Gasteiger partial charge in [0.05, 0.1) is 6.54 Å². The van der Waals surface area contributed by atoms with Gasteiger partial charge in [-0.15, -0.1) is 0 Å². The van der Waals surface area contributed by atoms with Crippen molar-refractivity contribution in [3.8, 4) is 0 Å². The maximum Gasteiger partial charge on any atom is 0.414 e. The first kappa shape index (κ1) is 13.1. The van der Waals surface area contributed by atoms with E-state index in [1.807, 2.05) is 18.2 Å². The lowest BCUT2D eigenvalue weighted by atomic mass is 10.0. The number of Topliss-reactive ketones (excluding diaryl/α,β-unsaturated/α-hetero) is 1. The maximum atomic E-state index is 11.8. The number of ether oxygens (including phenoxy) is 1. The van der Waals surface area contributed by atoms with E-state index >= 15 is 0 Å². The van der Waals surface area contributed by atoms with E-state index in [9.17, 15) is 9.59 Å². The Hall–Kier alpha value is -1.88. The minimum Gasteiger partial charge on any atom is -0.443 e. The molecule has 0 unspecified atom stereocenters. The molecule has 106 valence electrons. The average molecular weight is 274 g/mol. The van der Waals surface area contributed by atoms with Gasteiger partial charge in [0.25, 0.3) is 0 Å². The molecule has 0 saturated carbocycles. The molecule has 0 spiro atoms. The second kappa shape index (κ2) is 5.25. The number of nitrogens with two attached hydrogens (primary N) is 1. The molecule has 3 rings (SSSR count). The van der Waals surface area contributed by atoms with Crippen LogP contribution in [0.4, 0.5) is 10.5 Å². The van der Waals surface area contributed by atoms with Crippen molar-refractivity contribution < 1.29 is 14.3 Å². The molecule has 0 aromatic heterocycles. The van der Waals surface area contributed by atoms with Gasteiger partial charge in [0.2, 0.25) is 0 Å². The molecule has 0 bridgehead atoms. The van der Waals surface area contributed by atoms with E-state index in [0.717, 1.165) is 24.1 Å². The van der Waals surface area contributed by atoms with Crippen LogP contribution in [0, 0.1) is 0 Å². The van der Waals surface area contributed by atoms with Crippen molar-refractivity contribution in [2.45, 2.75) is 31.8 Å². The minimum atomic E-state index is -0.361. The molecule has 1 heterocycles. The molecule has 0 radical (unpaired) electrons. The van der Waals surface area contributed by atoms with Gasteiger partial charge in [0.15, 0.2) is 0 Å². The number of ketones is 1. The van der Waals surface area contributed by atoms with E-state index in [2.05, 4.69) is 0 Å². The number of benzene rings is 1. The Bertz CT molecular complexity index is 556. The lowest BCUT2D eigenvalue weighted by molar-refractivity contribution is -0.118. The number of carbonyl (C=O) groups is 2. The SMILES string of the molecule is NC[C@H]1CN(c2ccc3c(c2)CC(=O)CCC3)C(=O)O1. The molecular weight excluding hydrogens is 256 g/mol. The Morgan fingerprint density at radius 3 is 2.85 bits per heavy atom. The van der Waals surface area contributed by atoms with Crippen LogP contribution in [0.1, 0.15) is 24.0 Å². The number of amides is 1. The first-order valence-corrected chi connectivity index (χ1v) is 6.99. The Kier molecular flexibility index (Phi) is 3.44. The standard InChI is InChI=1S/C15H18N2O3/c16-8-14-9-17(15(19)20-14)12-5-4-10-2-1-3-13(18)7-11(10)6-12/h4-6,14H,1-3,7-9,16H2/t14-/m0/s1. The lowest BCUT2D eigenvalue weighted by Crippen LogP contribution is -2.27. The van der Waals surface area contributed by atoms with Gasteiger partial charge in [-0.1, -0.05) is 6.07 Å². The van der Waals surface area contributed by atoms with Crippen LogP contribution < -0.4 is 10.6 Å². The molecule has 2 aliphatic rings. The van der Waals surface area contributed by atoms with Crippen LogP contribution in [0.5, 0.6) is 0 Å². The fourth-order valence-electron chi connectivity index (χ4n) is 2.82. The highest BCUT2D eigenvalue weighted by molar-refractivity contribution is 5.90. The van der Waals surface area contributed by atoms with E-state index in [1.165, 1.54) is 5.56 Å². The predicted molar refractivity (Wildman–Crippen MR) is 74.8 cm³/mol. The van der Waals surface area contributed by atoms with Gasteiger partial charge < -0.3 is 10.5 Å². The predicted octanol–water partition coefficient (Wildman–Crippen LogP) is 1.42. The van der Waals surface area contributed by atoms with Crippen molar-refractivity contribution in [2.24, 2.45) is 5.73 Å².